The van der Waals surface area contributed by atoms with E-state index in [4.69, 9.17) is 14.3 Å². The largest absolute Gasteiger partial charge is 0.496 e. The first kappa shape index (κ1) is 40.2. The molecule has 0 unspecified atom stereocenters. The van der Waals surface area contributed by atoms with Gasteiger partial charge in [-0.05, 0) is 78.7 Å². The third kappa shape index (κ3) is 8.25. The first-order chi connectivity index (χ1) is 26.3. The molecule has 0 radical (unpaired) electrons. The maximum atomic E-state index is 14.7. The molecule has 7 rings (SSSR count). The van der Waals surface area contributed by atoms with Crippen LogP contribution in [0, 0.1) is 29.1 Å². The molecule has 3 N–H and O–H groups in total. The van der Waals surface area contributed by atoms with Gasteiger partial charge in [0.05, 0.1) is 26.2 Å². The van der Waals surface area contributed by atoms with E-state index in [1.807, 2.05) is 85.7 Å². The summed E-state index contributed by atoms with van der Waals surface area (Å²) in [6.07, 6.45) is 1.27. The van der Waals surface area contributed by atoms with Gasteiger partial charge in [-0.2, -0.15) is 5.06 Å². The van der Waals surface area contributed by atoms with E-state index in [1.54, 1.807) is 26.1 Å². The minimum Gasteiger partial charge on any atom is -0.496 e. The fourth-order valence-electron chi connectivity index (χ4n) is 9.35. The number of nitrogens with one attached hydrogen (secondary N) is 2. The van der Waals surface area contributed by atoms with E-state index in [0.29, 0.717) is 35.5 Å². The topological polar surface area (TPSA) is 130 Å². The number of carbonyl (C=O) groups is 3. The van der Waals surface area contributed by atoms with E-state index in [0.717, 1.165) is 34.4 Å². The number of methoxy groups -OCH3 is 1. The highest BCUT2D eigenvalue weighted by Gasteiger charge is 2.57. The number of carbonyl (C=O) groups excluding carboxylic acids is 3. The molecule has 3 saturated carbocycles. The van der Waals surface area contributed by atoms with Crippen LogP contribution in [0.3, 0.4) is 0 Å². The van der Waals surface area contributed by atoms with Gasteiger partial charge in [0.2, 0.25) is 5.91 Å². The summed E-state index contributed by atoms with van der Waals surface area (Å²) >= 11 is 0. The third-order valence-electron chi connectivity index (χ3n) is 12.7. The second kappa shape index (κ2) is 16.7. The van der Waals surface area contributed by atoms with E-state index in [1.165, 1.54) is 6.42 Å². The van der Waals surface area contributed by atoms with Crippen molar-refractivity contribution in [2.24, 2.45) is 29.1 Å². The molecule has 1 aliphatic heterocycles. The molecule has 296 valence electrons. The number of fused-ring (bicyclic) bond motifs is 2. The zero-order valence-electron chi connectivity index (χ0n) is 33.5. The number of esters is 1. The number of anilines is 1. The molecule has 0 aromatic heterocycles. The minimum atomic E-state index is -0.877. The Bertz CT molecular complexity index is 1850. The van der Waals surface area contributed by atoms with Gasteiger partial charge < -0.3 is 30.1 Å². The van der Waals surface area contributed by atoms with Gasteiger partial charge in [-0.25, -0.2) is 0 Å². The van der Waals surface area contributed by atoms with Crippen molar-refractivity contribution in [3.8, 4) is 16.9 Å². The Balaban J connectivity index is 1.31. The number of rotatable bonds is 14. The molecule has 0 spiro atoms. The number of hydrogen-bond donors (Lipinski definition) is 3. The van der Waals surface area contributed by atoms with Crippen molar-refractivity contribution in [3.63, 3.8) is 0 Å². The van der Waals surface area contributed by atoms with Crippen LogP contribution < -0.4 is 20.3 Å². The van der Waals surface area contributed by atoms with E-state index in [9.17, 15) is 19.5 Å². The highest BCUT2D eigenvalue weighted by Crippen LogP contribution is 2.61. The van der Waals surface area contributed by atoms with Crippen molar-refractivity contribution < 1.29 is 33.8 Å². The standard InChI is InChI=1S/C44H58N4O7/c1-26-35-22-32(44(35,3)4)23-36(26)46-43(52)40-39(27(2)54-38(50)18-17-28-13-10-9-11-14-28)37(25-49)55-48(40)24-29-15-12-16-34(41(29)53-8)30-19-31(42(51)45-5)21-33(20-30)47(6)7/h9-16,19-21,26-27,32,35-37,39-40,49H,17-18,22-25H2,1-8H3,(H,45,51)(H,46,52)/t26-,27-,32+,35-,36-,37-,39+,40-/m0/s1. The summed E-state index contributed by atoms with van der Waals surface area (Å²) in [5.74, 6) is 0.487. The summed E-state index contributed by atoms with van der Waals surface area (Å²) in [4.78, 5) is 49.0. The van der Waals surface area contributed by atoms with Crippen LogP contribution in [0.5, 0.6) is 5.75 Å². The molecule has 3 aromatic rings. The second-order valence-electron chi connectivity index (χ2n) is 16.4. The lowest BCUT2D eigenvalue weighted by molar-refractivity contribution is -0.183. The number of hydrogen-bond acceptors (Lipinski definition) is 9. The lowest BCUT2D eigenvalue weighted by Crippen LogP contribution is -2.62. The molecule has 2 bridgehead atoms. The molecular formula is C44H58N4O7. The maximum Gasteiger partial charge on any atom is 0.306 e. The zero-order chi connectivity index (χ0) is 39.6. The number of amides is 2. The first-order valence-electron chi connectivity index (χ1n) is 19.6. The fraction of sp³-hybridized carbons (Fsp3) is 0.523. The minimum absolute atomic E-state index is 0.0000320. The smallest absolute Gasteiger partial charge is 0.306 e. The molecule has 55 heavy (non-hydrogen) atoms. The lowest BCUT2D eigenvalue weighted by Gasteiger charge is -2.62. The number of nitrogens with zero attached hydrogens (tertiary/aromatic N) is 2. The van der Waals surface area contributed by atoms with E-state index in [-0.39, 0.29) is 48.8 Å². The molecule has 3 aromatic carbocycles. The first-order valence-corrected chi connectivity index (χ1v) is 19.6. The van der Waals surface area contributed by atoms with Gasteiger partial charge in [-0.3, -0.25) is 19.2 Å². The van der Waals surface area contributed by atoms with Gasteiger partial charge in [0, 0.05) is 56.0 Å². The van der Waals surface area contributed by atoms with Crippen LogP contribution in [-0.2, 0) is 32.1 Å². The van der Waals surface area contributed by atoms with Gasteiger partial charge in [0.25, 0.3) is 5.91 Å². The summed E-state index contributed by atoms with van der Waals surface area (Å²) in [7, 11) is 7.04. The van der Waals surface area contributed by atoms with Gasteiger partial charge in [0.15, 0.2) is 0 Å². The summed E-state index contributed by atoms with van der Waals surface area (Å²) < 4.78 is 12.1. The third-order valence-corrected chi connectivity index (χ3v) is 12.7. The van der Waals surface area contributed by atoms with Crippen molar-refractivity contribution in [3.05, 3.63) is 83.4 Å². The molecule has 2 amide bonds. The number of aliphatic hydroxyl groups is 1. The van der Waals surface area contributed by atoms with E-state index in [2.05, 4.69) is 31.4 Å². The summed E-state index contributed by atoms with van der Waals surface area (Å²) in [6.45, 7) is 8.46. The molecule has 8 atom stereocenters. The highest BCUT2D eigenvalue weighted by molar-refractivity contribution is 5.97. The quantitative estimate of drug-likeness (QED) is 0.179. The molecule has 11 heteroatoms. The van der Waals surface area contributed by atoms with Gasteiger partial charge in [-0.1, -0.05) is 69.3 Å². The van der Waals surface area contributed by atoms with Crippen LogP contribution in [0.25, 0.3) is 11.1 Å². The fourth-order valence-corrected chi connectivity index (χ4v) is 9.35. The average molecular weight is 755 g/mol. The van der Waals surface area contributed by atoms with Crippen LogP contribution in [0.1, 0.15) is 68.4 Å². The van der Waals surface area contributed by atoms with Crippen molar-refractivity contribution in [2.45, 2.75) is 84.2 Å². The number of aryl methyl sites for hydroxylation is 1. The lowest BCUT2D eigenvalue weighted by atomic mass is 9.45. The SMILES string of the molecule is CNC(=O)c1cc(-c2cccc(CN3O[C@@H](CO)[C@@H]([C@H](C)OC(=O)CCc4ccccc4)[C@H]3C(=O)N[C@H]3C[C@H]4C[C@@H]([C@@H]3C)C4(C)C)c2OC)cc(N(C)C)c1. The Labute approximate surface area is 325 Å². The Hall–Kier alpha value is -4.45. The number of hydroxylamine groups is 2. The molecular weight excluding hydrogens is 697 g/mol. The maximum absolute atomic E-state index is 14.7. The van der Waals surface area contributed by atoms with Crippen molar-refractivity contribution >= 4 is 23.5 Å². The van der Waals surface area contributed by atoms with Crippen LogP contribution in [0.2, 0.25) is 0 Å². The highest BCUT2D eigenvalue weighted by atomic mass is 16.7. The normalized spacial score (nSPS) is 26.0. The Morgan fingerprint density at radius 3 is 2.44 bits per heavy atom. The average Bonchev–Trinajstić information content (AvgIpc) is 3.55. The number of ether oxygens (including phenoxy) is 2. The molecule has 11 nitrogen and oxygen atoms in total. The molecule has 1 saturated heterocycles. The van der Waals surface area contributed by atoms with Crippen molar-refractivity contribution in [1.29, 1.82) is 0 Å². The van der Waals surface area contributed by atoms with E-state index < -0.39 is 24.2 Å². The van der Waals surface area contributed by atoms with Gasteiger partial charge in [0.1, 0.15) is 24.0 Å². The van der Waals surface area contributed by atoms with Crippen molar-refractivity contribution in [2.75, 3.05) is 39.8 Å². The molecule has 1 heterocycles. The van der Waals surface area contributed by atoms with E-state index >= 15 is 0 Å². The summed E-state index contributed by atoms with van der Waals surface area (Å²) in [5, 5.41) is 18.4. The van der Waals surface area contributed by atoms with Gasteiger partial charge in [-0.15, -0.1) is 0 Å². The zero-order valence-corrected chi connectivity index (χ0v) is 33.5. The number of aliphatic hydroxyl groups excluding tert-OH is 1. The van der Waals surface area contributed by atoms with Crippen LogP contribution in [-0.4, -0.2) is 87.1 Å². The molecule has 3 aliphatic carbocycles. The predicted octanol–water partition coefficient (Wildman–Crippen LogP) is 5.63. The van der Waals surface area contributed by atoms with Gasteiger partial charge >= 0.3 is 5.97 Å². The van der Waals surface area contributed by atoms with Crippen LogP contribution in [0.15, 0.2) is 66.7 Å². The molecule has 4 aliphatic rings. The number of para-hydroxylation sites is 1. The predicted molar refractivity (Wildman–Crippen MR) is 212 cm³/mol. The monoisotopic (exact) mass is 754 g/mol. The second-order valence-corrected chi connectivity index (χ2v) is 16.4. The Kier molecular flexibility index (Phi) is 12.2. The summed E-state index contributed by atoms with van der Waals surface area (Å²) in [6, 6.07) is 20.3. The Morgan fingerprint density at radius 1 is 1.05 bits per heavy atom. The molecule has 4 fully saturated rings. The Morgan fingerprint density at radius 2 is 1.80 bits per heavy atom. The van der Waals surface area contributed by atoms with Crippen LogP contribution >= 0.6 is 0 Å². The van der Waals surface area contributed by atoms with Crippen LogP contribution in [0.4, 0.5) is 5.69 Å². The number of benzene rings is 3. The summed E-state index contributed by atoms with van der Waals surface area (Å²) in [5.41, 5.74) is 4.94. The van der Waals surface area contributed by atoms with Crippen molar-refractivity contribution in [1.82, 2.24) is 15.7 Å².